The molecule has 0 saturated heterocycles. The SMILES string of the molecule is COCC(C)(C)n1ccc(C(=O)NCC(=O)Nc2nc(-c3cccc(-c4ccn(C)n4)c3)cs2)c1. The first-order valence-corrected chi connectivity index (χ1v) is 11.9. The van der Waals surface area contributed by atoms with E-state index in [1.807, 2.05) is 73.6 Å². The Labute approximate surface area is 207 Å². The van der Waals surface area contributed by atoms with Crippen molar-refractivity contribution in [2.24, 2.45) is 7.05 Å². The number of amides is 2. The minimum atomic E-state index is -0.347. The fourth-order valence-corrected chi connectivity index (χ4v) is 4.37. The largest absolute Gasteiger partial charge is 0.382 e. The Hall–Kier alpha value is -3.76. The molecular formula is C25H28N6O3S. The molecule has 0 aliphatic rings. The van der Waals surface area contributed by atoms with E-state index >= 15 is 0 Å². The molecule has 4 rings (SSSR count). The number of hydrogen-bond donors (Lipinski definition) is 2. The van der Waals surface area contributed by atoms with Crippen LogP contribution >= 0.6 is 11.3 Å². The highest BCUT2D eigenvalue weighted by Gasteiger charge is 2.21. The van der Waals surface area contributed by atoms with E-state index in [9.17, 15) is 9.59 Å². The van der Waals surface area contributed by atoms with Crippen molar-refractivity contribution < 1.29 is 14.3 Å². The number of carbonyl (C=O) groups excluding carboxylic acids is 2. The lowest BCUT2D eigenvalue weighted by Crippen LogP contribution is -2.33. The molecule has 0 aliphatic heterocycles. The number of carbonyl (C=O) groups is 2. The minimum Gasteiger partial charge on any atom is -0.382 e. The lowest BCUT2D eigenvalue weighted by Gasteiger charge is -2.25. The molecule has 2 amide bonds. The highest BCUT2D eigenvalue weighted by atomic mass is 32.1. The molecule has 4 aromatic rings. The van der Waals surface area contributed by atoms with Crippen LogP contribution in [0.2, 0.25) is 0 Å². The molecule has 35 heavy (non-hydrogen) atoms. The summed E-state index contributed by atoms with van der Waals surface area (Å²) in [5.41, 5.74) is 3.75. The minimum absolute atomic E-state index is 0.157. The highest BCUT2D eigenvalue weighted by Crippen LogP contribution is 2.28. The Bertz CT molecular complexity index is 1340. The number of aryl methyl sites for hydroxylation is 1. The van der Waals surface area contributed by atoms with E-state index in [0.717, 1.165) is 22.5 Å². The molecule has 0 bridgehead atoms. The van der Waals surface area contributed by atoms with Crippen molar-refractivity contribution in [1.82, 2.24) is 24.6 Å². The topological polar surface area (TPSA) is 103 Å². The van der Waals surface area contributed by atoms with Gasteiger partial charge in [0, 0.05) is 49.3 Å². The van der Waals surface area contributed by atoms with Gasteiger partial charge in [0.2, 0.25) is 5.91 Å². The van der Waals surface area contributed by atoms with Crippen LogP contribution in [0, 0.1) is 0 Å². The molecule has 0 fully saturated rings. The average molecular weight is 493 g/mol. The van der Waals surface area contributed by atoms with Gasteiger partial charge in [-0.3, -0.25) is 14.3 Å². The number of nitrogens with zero attached hydrogens (tertiary/aromatic N) is 4. The number of methoxy groups -OCH3 is 1. The van der Waals surface area contributed by atoms with E-state index in [4.69, 9.17) is 4.74 Å². The van der Waals surface area contributed by atoms with Gasteiger partial charge in [0.15, 0.2) is 5.13 Å². The van der Waals surface area contributed by atoms with Crippen molar-refractivity contribution in [2.45, 2.75) is 19.4 Å². The van der Waals surface area contributed by atoms with Crippen molar-refractivity contribution in [3.05, 3.63) is 65.9 Å². The lowest BCUT2D eigenvalue weighted by atomic mass is 10.1. The number of hydrogen-bond acceptors (Lipinski definition) is 6. The molecule has 0 aliphatic carbocycles. The zero-order valence-electron chi connectivity index (χ0n) is 20.1. The third-order valence-corrected chi connectivity index (χ3v) is 6.24. The number of benzene rings is 1. The van der Waals surface area contributed by atoms with E-state index in [1.54, 1.807) is 24.1 Å². The number of ether oxygens (including phenoxy) is 1. The molecule has 2 N–H and O–H groups in total. The summed E-state index contributed by atoms with van der Waals surface area (Å²) < 4.78 is 8.92. The van der Waals surface area contributed by atoms with Crippen LogP contribution in [0.25, 0.3) is 22.5 Å². The molecule has 1 aromatic carbocycles. The highest BCUT2D eigenvalue weighted by molar-refractivity contribution is 7.14. The quantitative estimate of drug-likeness (QED) is 0.370. The van der Waals surface area contributed by atoms with Gasteiger partial charge in [0.25, 0.3) is 5.91 Å². The molecule has 3 aromatic heterocycles. The van der Waals surface area contributed by atoms with Crippen LogP contribution in [0.5, 0.6) is 0 Å². The fourth-order valence-electron chi connectivity index (χ4n) is 3.63. The lowest BCUT2D eigenvalue weighted by molar-refractivity contribution is -0.115. The molecule has 9 nitrogen and oxygen atoms in total. The van der Waals surface area contributed by atoms with E-state index in [0.29, 0.717) is 17.3 Å². The molecule has 182 valence electrons. The second-order valence-corrected chi connectivity index (χ2v) is 9.64. The maximum Gasteiger partial charge on any atom is 0.253 e. The molecule has 0 unspecified atom stereocenters. The number of anilines is 1. The maximum absolute atomic E-state index is 12.5. The van der Waals surface area contributed by atoms with Crippen LogP contribution in [0.1, 0.15) is 24.2 Å². The predicted molar refractivity (Wildman–Crippen MR) is 136 cm³/mol. The first-order chi connectivity index (χ1) is 16.7. The molecule has 0 radical (unpaired) electrons. The standard InChI is InChI=1S/C25H28N6O3S/c1-25(2,16-34-4)31-11-8-19(14-31)23(33)26-13-22(32)28-24-27-21(15-35-24)18-7-5-6-17(12-18)20-9-10-30(3)29-20/h5-12,14-15H,13,16H2,1-4H3,(H,26,33)(H,27,28,32). The van der Waals surface area contributed by atoms with Crippen LogP contribution in [0.15, 0.2) is 60.4 Å². The van der Waals surface area contributed by atoms with Gasteiger partial charge in [-0.25, -0.2) is 4.98 Å². The van der Waals surface area contributed by atoms with Gasteiger partial charge in [-0.1, -0.05) is 18.2 Å². The van der Waals surface area contributed by atoms with Gasteiger partial charge < -0.3 is 19.9 Å². The summed E-state index contributed by atoms with van der Waals surface area (Å²) in [5.74, 6) is -0.668. The van der Waals surface area contributed by atoms with Crippen molar-refractivity contribution >= 4 is 28.3 Å². The third-order valence-electron chi connectivity index (χ3n) is 5.48. The molecule has 0 spiro atoms. The Morgan fingerprint density at radius 2 is 1.89 bits per heavy atom. The van der Waals surface area contributed by atoms with Gasteiger partial charge in [0.1, 0.15) is 0 Å². The second-order valence-electron chi connectivity index (χ2n) is 8.78. The maximum atomic E-state index is 12.5. The van der Waals surface area contributed by atoms with E-state index in [2.05, 4.69) is 20.7 Å². The summed E-state index contributed by atoms with van der Waals surface area (Å²) in [6.45, 7) is 4.38. The fraction of sp³-hybridized carbons (Fsp3) is 0.280. The Morgan fingerprint density at radius 3 is 2.60 bits per heavy atom. The number of aromatic nitrogens is 4. The van der Waals surface area contributed by atoms with Gasteiger partial charge in [-0.15, -0.1) is 11.3 Å². The molecule has 0 saturated carbocycles. The number of rotatable bonds is 9. The summed E-state index contributed by atoms with van der Waals surface area (Å²) in [6.07, 6.45) is 5.47. The van der Waals surface area contributed by atoms with Gasteiger partial charge in [-0.2, -0.15) is 5.10 Å². The van der Waals surface area contributed by atoms with Crippen molar-refractivity contribution in [2.75, 3.05) is 25.6 Å². The predicted octanol–water partition coefficient (Wildman–Crippen LogP) is 3.76. The van der Waals surface area contributed by atoms with Crippen molar-refractivity contribution in [1.29, 1.82) is 0 Å². The first kappa shape index (κ1) is 24.4. The van der Waals surface area contributed by atoms with Crippen LogP contribution in [-0.4, -0.2) is 51.4 Å². The first-order valence-electron chi connectivity index (χ1n) is 11.1. The smallest absolute Gasteiger partial charge is 0.253 e. The molecule has 3 heterocycles. The zero-order valence-corrected chi connectivity index (χ0v) is 20.9. The summed E-state index contributed by atoms with van der Waals surface area (Å²) >= 11 is 1.33. The Morgan fingerprint density at radius 1 is 1.11 bits per heavy atom. The zero-order chi connectivity index (χ0) is 25.0. The van der Waals surface area contributed by atoms with E-state index in [-0.39, 0.29) is 23.9 Å². The summed E-state index contributed by atoms with van der Waals surface area (Å²) in [7, 11) is 3.52. The van der Waals surface area contributed by atoms with Crippen LogP contribution in [0.4, 0.5) is 5.13 Å². The van der Waals surface area contributed by atoms with Crippen molar-refractivity contribution in [3.8, 4) is 22.5 Å². The van der Waals surface area contributed by atoms with Crippen molar-refractivity contribution in [3.63, 3.8) is 0 Å². The number of thiazole rings is 1. The van der Waals surface area contributed by atoms with Crippen LogP contribution in [0.3, 0.4) is 0 Å². The van der Waals surface area contributed by atoms with E-state index < -0.39 is 0 Å². The van der Waals surface area contributed by atoms with Gasteiger partial charge >= 0.3 is 0 Å². The second kappa shape index (κ2) is 10.2. The summed E-state index contributed by atoms with van der Waals surface area (Å²) in [5, 5.41) is 12.2. The van der Waals surface area contributed by atoms with E-state index in [1.165, 1.54) is 11.3 Å². The normalized spacial score (nSPS) is 11.4. The average Bonchev–Trinajstić information content (AvgIpc) is 3.59. The molecule has 0 atom stereocenters. The Kier molecular flexibility index (Phi) is 7.13. The third kappa shape index (κ3) is 5.84. The molecule has 10 heteroatoms. The van der Waals surface area contributed by atoms with Crippen LogP contribution in [-0.2, 0) is 22.1 Å². The Balaban J connectivity index is 1.34. The van der Waals surface area contributed by atoms with Gasteiger partial charge in [0.05, 0.1) is 35.6 Å². The number of nitrogens with one attached hydrogen (secondary N) is 2. The summed E-state index contributed by atoms with van der Waals surface area (Å²) in [6, 6.07) is 11.6. The monoisotopic (exact) mass is 492 g/mol. The molecular weight excluding hydrogens is 464 g/mol. The van der Waals surface area contributed by atoms with Gasteiger partial charge in [-0.05, 0) is 32.0 Å². The van der Waals surface area contributed by atoms with Crippen LogP contribution < -0.4 is 10.6 Å². The summed E-state index contributed by atoms with van der Waals surface area (Å²) in [4.78, 5) is 29.4.